The van der Waals surface area contributed by atoms with Gasteiger partial charge in [-0.05, 0) is 56.6 Å². The van der Waals surface area contributed by atoms with Crippen molar-refractivity contribution in [3.8, 4) is 0 Å². The first-order valence-electron chi connectivity index (χ1n) is 9.05. The molecule has 2 aliphatic heterocycles. The Morgan fingerprint density at radius 1 is 0.792 bits per heavy atom. The molecule has 0 N–H and O–H groups in total. The monoisotopic (exact) mass is 322 g/mol. The van der Waals surface area contributed by atoms with E-state index in [2.05, 4.69) is 69.3 Å². The predicted molar refractivity (Wildman–Crippen MR) is 95.5 cm³/mol. The molecule has 126 valence electrons. The molecule has 2 aromatic rings. The number of hydrogen-bond acceptors (Lipinski definition) is 2. The van der Waals surface area contributed by atoms with Gasteiger partial charge in [0, 0.05) is 0 Å². The van der Waals surface area contributed by atoms with Gasteiger partial charge in [0.05, 0.1) is 0 Å². The van der Waals surface area contributed by atoms with Gasteiger partial charge in [0.2, 0.25) is 0 Å². The van der Waals surface area contributed by atoms with Gasteiger partial charge in [-0.1, -0.05) is 66.6 Å². The highest BCUT2D eigenvalue weighted by atomic mass is 17.2. The Balaban J connectivity index is 1.70. The van der Waals surface area contributed by atoms with E-state index >= 15 is 0 Å². The predicted octanol–water partition coefficient (Wildman–Crippen LogP) is 5.57. The van der Waals surface area contributed by atoms with E-state index in [4.69, 9.17) is 9.78 Å². The normalized spacial score (nSPS) is 32.5. The van der Waals surface area contributed by atoms with Crippen LogP contribution in [0.15, 0.2) is 48.5 Å². The van der Waals surface area contributed by atoms with Crippen molar-refractivity contribution in [2.24, 2.45) is 5.92 Å². The van der Waals surface area contributed by atoms with E-state index in [1.165, 1.54) is 22.3 Å². The molecule has 3 atom stereocenters. The number of rotatable bonds is 2. The third-order valence-corrected chi connectivity index (χ3v) is 6.03. The second-order valence-corrected chi connectivity index (χ2v) is 7.74. The average molecular weight is 322 g/mol. The fourth-order valence-electron chi connectivity index (χ4n) is 4.48. The molecule has 0 aromatic heterocycles. The van der Waals surface area contributed by atoms with Crippen LogP contribution in [0, 0.1) is 19.8 Å². The Bertz CT molecular complexity index is 719. The van der Waals surface area contributed by atoms with Gasteiger partial charge >= 0.3 is 0 Å². The first-order valence-corrected chi connectivity index (χ1v) is 9.05. The molecule has 2 saturated heterocycles. The minimum atomic E-state index is -0.307. The molecule has 2 heteroatoms. The number of hydrogen-bond donors (Lipinski definition) is 0. The summed E-state index contributed by atoms with van der Waals surface area (Å²) in [7, 11) is 0. The van der Waals surface area contributed by atoms with E-state index < -0.39 is 0 Å². The Morgan fingerprint density at radius 2 is 1.38 bits per heavy atom. The highest BCUT2D eigenvalue weighted by Crippen LogP contribution is 2.55. The van der Waals surface area contributed by atoms with E-state index in [1.54, 1.807) is 0 Å². The van der Waals surface area contributed by atoms with Gasteiger partial charge < -0.3 is 0 Å². The summed E-state index contributed by atoms with van der Waals surface area (Å²) in [6.07, 6.45) is 4.16. The molecule has 1 saturated carbocycles. The summed E-state index contributed by atoms with van der Waals surface area (Å²) in [5, 5.41) is 0. The molecule has 24 heavy (non-hydrogen) atoms. The lowest BCUT2D eigenvalue weighted by molar-refractivity contribution is -0.456. The van der Waals surface area contributed by atoms with E-state index in [-0.39, 0.29) is 11.2 Å². The van der Waals surface area contributed by atoms with Gasteiger partial charge in [-0.15, -0.1) is 0 Å². The SMILES string of the molecule is Cc1ccc([C@@]23CCC[C@@](c4ccc(C)cc4)(OO2)C(C)C3)cc1. The van der Waals surface area contributed by atoms with Crippen LogP contribution in [0.2, 0.25) is 0 Å². The molecule has 2 aromatic carbocycles. The van der Waals surface area contributed by atoms with Gasteiger partial charge in [-0.2, -0.15) is 0 Å². The molecule has 5 rings (SSSR count). The molecule has 2 bridgehead atoms. The van der Waals surface area contributed by atoms with Crippen molar-refractivity contribution >= 4 is 0 Å². The van der Waals surface area contributed by atoms with Gasteiger partial charge in [0.25, 0.3) is 0 Å². The first-order chi connectivity index (χ1) is 11.5. The molecule has 3 aliphatic rings. The van der Waals surface area contributed by atoms with Crippen molar-refractivity contribution in [3.63, 3.8) is 0 Å². The van der Waals surface area contributed by atoms with Crippen LogP contribution < -0.4 is 0 Å². The first kappa shape index (κ1) is 15.9. The number of benzene rings is 2. The molecule has 1 unspecified atom stereocenters. The molecule has 1 aliphatic carbocycles. The minimum Gasteiger partial charge on any atom is -0.224 e. The highest BCUT2D eigenvalue weighted by Gasteiger charge is 2.54. The van der Waals surface area contributed by atoms with Crippen LogP contribution in [0.4, 0.5) is 0 Å². The van der Waals surface area contributed by atoms with E-state index in [0.29, 0.717) is 5.92 Å². The van der Waals surface area contributed by atoms with E-state index in [9.17, 15) is 0 Å². The van der Waals surface area contributed by atoms with E-state index in [0.717, 1.165) is 25.7 Å². The van der Waals surface area contributed by atoms with Crippen LogP contribution in [-0.4, -0.2) is 0 Å². The van der Waals surface area contributed by atoms with Gasteiger partial charge in [0.15, 0.2) is 0 Å². The lowest BCUT2D eigenvalue weighted by Crippen LogP contribution is -2.46. The molecule has 2 nitrogen and oxygen atoms in total. The summed E-state index contributed by atoms with van der Waals surface area (Å²) in [6.45, 7) is 6.56. The summed E-state index contributed by atoms with van der Waals surface area (Å²) in [5.74, 6) is 0.415. The number of fused-ring (bicyclic) bond motifs is 4. The summed E-state index contributed by atoms with van der Waals surface area (Å²) in [5.41, 5.74) is 4.46. The number of aryl methyl sites for hydroxylation is 2. The fourth-order valence-corrected chi connectivity index (χ4v) is 4.48. The van der Waals surface area contributed by atoms with E-state index in [1.807, 2.05) is 0 Å². The molecule has 0 spiro atoms. The van der Waals surface area contributed by atoms with Crippen LogP contribution in [-0.2, 0) is 21.0 Å². The second-order valence-electron chi connectivity index (χ2n) is 7.74. The van der Waals surface area contributed by atoms with Crippen LogP contribution >= 0.6 is 0 Å². The maximum atomic E-state index is 6.22. The Morgan fingerprint density at radius 3 is 1.96 bits per heavy atom. The Kier molecular flexibility index (Phi) is 3.78. The van der Waals surface area contributed by atoms with Crippen molar-refractivity contribution in [2.75, 3.05) is 0 Å². The average Bonchev–Trinajstić information content (AvgIpc) is 2.86. The zero-order chi connectivity index (χ0) is 16.8. The summed E-state index contributed by atoms with van der Waals surface area (Å²) in [4.78, 5) is 12.4. The molecular formula is C22H26O2. The fraction of sp³-hybridized carbons (Fsp3) is 0.455. The van der Waals surface area contributed by atoms with Gasteiger partial charge in [-0.3, -0.25) is 0 Å². The zero-order valence-corrected chi connectivity index (χ0v) is 14.8. The summed E-state index contributed by atoms with van der Waals surface area (Å²) >= 11 is 0. The van der Waals surface area contributed by atoms with Crippen LogP contribution in [0.1, 0.15) is 54.9 Å². The molecule has 3 fully saturated rings. The third kappa shape index (κ3) is 2.40. The van der Waals surface area contributed by atoms with Crippen LogP contribution in [0.5, 0.6) is 0 Å². The van der Waals surface area contributed by atoms with Crippen molar-refractivity contribution in [1.82, 2.24) is 0 Å². The lowest BCUT2D eigenvalue weighted by atomic mass is 9.75. The third-order valence-electron chi connectivity index (χ3n) is 6.03. The van der Waals surface area contributed by atoms with Gasteiger partial charge in [0.1, 0.15) is 11.2 Å². The van der Waals surface area contributed by atoms with Crippen molar-refractivity contribution in [1.29, 1.82) is 0 Å². The quantitative estimate of drug-likeness (QED) is 0.673. The second kappa shape index (κ2) is 5.72. The standard InChI is InChI=1S/C22H26O2/c1-16-5-9-19(10-6-16)21-13-4-14-22(24-23-21,18(3)15-21)20-11-7-17(2)8-12-20/h5-12,18H,4,13-15H2,1-3H3/t18?,21-,22+/m0/s1. The Labute approximate surface area is 144 Å². The summed E-state index contributed by atoms with van der Waals surface area (Å²) in [6, 6.07) is 17.5. The molecule has 2 heterocycles. The molecular weight excluding hydrogens is 296 g/mol. The van der Waals surface area contributed by atoms with Crippen molar-refractivity contribution < 1.29 is 9.78 Å². The Hall–Kier alpha value is -1.64. The topological polar surface area (TPSA) is 18.5 Å². The highest BCUT2D eigenvalue weighted by molar-refractivity contribution is 5.31. The minimum absolute atomic E-state index is 0.294. The lowest BCUT2D eigenvalue weighted by Gasteiger charge is -2.46. The largest absolute Gasteiger partial charge is 0.224 e. The van der Waals surface area contributed by atoms with Crippen molar-refractivity contribution in [2.45, 2.75) is 57.7 Å². The smallest absolute Gasteiger partial charge is 0.131 e. The maximum Gasteiger partial charge on any atom is 0.131 e. The maximum absolute atomic E-state index is 6.22. The van der Waals surface area contributed by atoms with Crippen molar-refractivity contribution in [3.05, 3.63) is 70.8 Å². The zero-order valence-electron chi connectivity index (χ0n) is 14.8. The molecule has 0 radical (unpaired) electrons. The van der Waals surface area contributed by atoms with Crippen LogP contribution in [0.3, 0.4) is 0 Å². The summed E-state index contributed by atoms with van der Waals surface area (Å²) < 4.78 is 0. The molecule has 0 amide bonds. The van der Waals surface area contributed by atoms with Gasteiger partial charge in [-0.25, -0.2) is 9.78 Å². The van der Waals surface area contributed by atoms with Crippen LogP contribution in [0.25, 0.3) is 0 Å².